The number of carbonyl (C=O) groups excluding carboxylic acids is 3. The van der Waals surface area contributed by atoms with Crippen LogP contribution < -0.4 is 15.8 Å². The number of amides is 3. The maximum atomic E-state index is 12.5. The zero-order valence-corrected chi connectivity index (χ0v) is 19.3. The van der Waals surface area contributed by atoms with Gasteiger partial charge in [-0.15, -0.1) is 0 Å². The predicted octanol–water partition coefficient (Wildman–Crippen LogP) is 2.89. The molecule has 3 aromatic carbocycles. The van der Waals surface area contributed by atoms with Crippen molar-refractivity contribution >= 4 is 17.7 Å². The fourth-order valence-electron chi connectivity index (χ4n) is 4.77. The Morgan fingerprint density at radius 3 is 2.46 bits per heavy atom. The van der Waals surface area contributed by atoms with Gasteiger partial charge in [0.2, 0.25) is 17.7 Å². The van der Waals surface area contributed by atoms with E-state index in [1.54, 1.807) is 17.0 Å². The van der Waals surface area contributed by atoms with E-state index < -0.39 is 5.91 Å². The van der Waals surface area contributed by atoms with Gasteiger partial charge in [0.1, 0.15) is 11.9 Å². The molecule has 0 aliphatic carbocycles. The molecule has 2 aliphatic rings. The third-order valence-corrected chi connectivity index (χ3v) is 6.65. The number of likely N-dealkylation sites (tertiary alicyclic amines) is 1. The lowest BCUT2D eigenvalue weighted by Crippen LogP contribution is -2.41. The van der Waals surface area contributed by atoms with Crippen LogP contribution in [0.4, 0.5) is 0 Å². The molecule has 3 aromatic rings. The van der Waals surface area contributed by atoms with Crippen LogP contribution in [0.3, 0.4) is 0 Å². The van der Waals surface area contributed by atoms with Crippen molar-refractivity contribution < 1.29 is 19.1 Å². The highest BCUT2D eigenvalue weighted by Gasteiger charge is 2.32. The monoisotopic (exact) mass is 469 g/mol. The van der Waals surface area contributed by atoms with E-state index in [0.29, 0.717) is 31.5 Å². The van der Waals surface area contributed by atoms with Crippen molar-refractivity contribution in [3.05, 3.63) is 89.5 Å². The lowest BCUT2D eigenvalue weighted by molar-refractivity contribution is -0.133. The summed E-state index contributed by atoms with van der Waals surface area (Å²) < 4.78 is 6.01. The number of ether oxygens (including phenoxy) is 1. The highest BCUT2D eigenvalue weighted by molar-refractivity contribution is 5.93. The number of hydrogen-bond acceptors (Lipinski definition) is 4. The van der Waals surface area contributed by atoms with E-state index in [9.17, 15) is 14.4 Å². The van der Waals surface area contributed by atoms with Crippen molar-refractivity contribution in [2.75, 3.05) is 19.6 Å². The molecule has 0 saturated carbocycles. The molecule has 7 nitrogen and oxygen atoms in total. The Hall–Kier alpha value is -4.13. The summed E-state index contributed by atoms with van der Waals surface area (Å²) in [6.07, 6.45) is 0.959. The Bertz CT molecular complexity index is 1260. The normalized spacial score (nSPS) is 18.7. The second-order valence-electron chi connectivity index (χ2n) is 9.10. The molecule has 2 unspecified atom stereocenters. The number of nitrogens with one attached hydrogen (secondary N) is 1. The van der Waals surface area contributed by atoms with Gasteiger partial charge >= 0.3 is 0 Å². The van der Waals surface area contributed by atoms with E-state index in [1.165, 1.54) is 0 Å². The lowest BCUT2D eigenvalue weighted by Gasteiger charge is -2.17. The quantitative estimate of drug-likeness (QED) is 0.556. The second kappa shape index (κ2) is 9.62. The average molecular weight is 470 g/mol. The van der Waals surface area contributed by atoms with E-state index >= 15 is 0 Å². The minimum absolute atomic E-state index is 0.00918. The fourth-order valence-corrected chi connectivity index (χ4v) is 4.77. The van der Waals surface area contributed by atoms with Crippen LogP contribution in [0.2, 0.25) is 0 Å². The van der Waals surface area contributed by atoms with E-state index in [0.717, 1.165) is 28.0 Å². The standard InChI is InChI=1S/C28H27N3O4/c29-28(34)20-8-6-19(7-9-20)21-10-11-25-22(12-21)13-24(35-25)15-30-26(32)17-31-16-23(14-27(31)33)18-4-2-1-3-5-18/h1-12,23-24H,13-17H2,(H2,29,34)(H,30,32). The van der Waals surface area contributed by atoms with Crippen LogP contribution in [0.1, 0.15) is 33.8 Å². The smallest absolute Gasteiger partial charge is 0.248 e. The van der Waals surface area contributed by atoms with Crippen LogP contribution in [0.25, 0.3) is 11.1 Å². The van der Waals surface area contributed by atoms with Crippen LogP contribution >= 0.6 is 0 Å². The van der Waals surface area contributed by atoms with Crippen molar-refractivity contribution in [3.8, 4) is 16.9 Å². The van der Waals surface area contributed by atoms with Gasteiger partial charge in [-0.25, -0.2) is 0 Å². The summed E-state index contributed by atoms with van der Waals surface area (Å²) in [5.41, 5.74) is 10.00. The van der Waals surface area contributed by atoms with Crippen LogP contribution in [0.5, 0.6) is 5.75 Å². The molecule has 2 aliphatic heterocycles. The van der Waals surface area contributed by atoms with Gasteiger partial charge in [0.05, 0.1) is 13.1 Å². The number of carbonyl (C=O) groups is 3. The summed E-state index contributed by atoms with van der Waals surface area (Å²) in [5, 5.41) is 2.92. The summed E-state index contributed by atoms with van der Waals surface area (Å²) in [6.45, 7) is 0.998. The molecule has 2 heterocycles. The summed E-state index contributed by atoms with van der Waals surface area (Å²) >= 11 is 0. The second-order valence-corrected chi connectivity index (χ2v) is 9.10. The van der Waals surface area contributed by atoms with Gasteiger partial charge in [-0.05, 0) is 46.5 Å². The molecule has 178 valence electrons. The third kappa shape index (κ3) is 5.04. The third-order valence-electron chi connectivity index (χ3n) is 6.65. The molecule has 35 heavy (non-hydrogen) atoms. The van der Waals surface area contributed by atoms with Crippen LogP contribution in [-0.4, -0.2) is 48.4 Å². The average Bonchev–Trinajstić information content (AvgIpc) is 3.45. The highest BCUT2D eigenvalue weighted by Crippen LogP contribution is 2.33. The maximum Gasteiger partial charge on any atom is 0.248 e. The number of hydrogen-bond donors (Lipinski definition) is 2. The van der Waals surface area contributed by atoms with Gasteiger partial charge in [-0.1, -0.05) is 48.5 Å². The molecular formula is C28H27N3O4. The van der Waals surface area contributed by atoms with Gasteiger partial charge < -0.3 is 20.7 Å². The SMILES string of the molecule is NC(=O)c1ccc(-c2ccc3c(c2)CC(CNC(=O)CN2CC(c4ccccc4)CC2=O)O3)cc1. The van der Waals surface area contributed by atoms with Crippen LogP contribution in [-0.2, 0) is 16.0 Å². The Morgan fingerprint density at radius 2 is 1.71 bits per heavy atom. The number of fused-ring (bicyclic) bond motifs is 1. The van der Waals surface area contributed by atoms with Crippen molar-refractivity contribution in [1.29, 1.82) is 0 Å². The molecule has 5 rings (SSSR count). The Labute approximate surface area is 203 Å². The summed E-state index contributed by atoms with van der Waals surface area (Å²) in [7, 11) is 0. The Kier molecular flexibility index (Phi) is 6.23. The number of nitrogens with zero attached hydrogens (tertiary/aromatic N) is 1. The molecule has 0 aromatic heterocycles. The highest BCUT2D eigenvalue weighted by atomic mass is 16.5. The topological polar surface area (TPSA) is 102 Å². The first kappa shape index (κ1) is 22.7. The fraction of sp³-hybridized carbons (Fsp3) is 0.250. The molecule has 2 atom stereocenters. The van der Waals surface area contributed by atoms with Gasteiger partial charge in [0.15, 0.2) is 0 Å². The first-order chi connectivity index (χ1) is 17.0. The van der Waals surface area contributed by atoms with Crippen molar-refractivity contribution in [2.45, 2.75) is 24.9 Å². The first-order valence-electron chi connectivity index (χ1n) is 11.8. The molecular weight excluding hydrogens is 442 g/mol. The van der Waals surface area contributed by atoms with E-state index in [2.05, 4.69) is 11.4 Å². The lowest BCUT2D eigenvalue weighted by atomic mass is 9.99. The van der Waals surface area contributed by atoms with E-state index in [1.807, 2.05) is 54.6 Å². The number of benzene rings is 3. The minimum atomic E-state index is -0.450. The zero-order chi connectivity index (χ0) is 24.4. The first-order valence-corrected chi connectivity index (χ1v) is 11.8. The Balaban J connectivity index is 1.13. The zero-order valence-electron chi connectivity index (χ0n) is 19.3. The largest absolute Gasteiger partial charge is 0.488 e. The molecule has 7 heteroatoms. The Morgan fingerprint density at radius 1 is 0.971 bits per heavy atom. The molecule has 0 spiro atoms. The predicted molar refractivity (Wildman–Crippen MR) is 132 cm³/mol. The molecule has 0 bridgehead atoms. The van der Waals surface area contributed by atoms with Crippen molar-refractivity contribution in [1.82, 2.24) is 10.2 Å². The van der Waals surface area contributed by atoms with Gasteiger partial charge in [0.25, 0.3) is 0 Å². The minimum Gasteiger partial charge on any atom is -0.488 e. The van der Waals surface area contributed by atoms with Gasteiger partial charge in [-0.2, -0.15) is 0 Å². The van der Waals surface area contributed by atoms with Gasteiger partial charge in [0, 0.05) is 30.9 Å². The van der Waals surface area contributed by atoms with Crippen LogP contribution in [0.15, 0.2) is 72.8 Å². The van der Waals surface area contributed by atoms with Crippen molar-refractivity contribution in [2.24, 2.45) is 5.73 Å². The van der Waals surface area contributed by atoms with Crippen LogP contribution in [0, 0.1) is 0 Å². The van der Waals surface area contributed by atoms with Crippen molar-refractivity contribution in [3.63, 3.8) is 0 Å². The molecule has 3 N–H and O–H groups in total. The number of nitrogens with two attached hydrogens (primary N) is 1. The molecule has 0 radical (unpaired) electrons. The molecule has 3 amide bonds. The number of rotatable bonds is 7. The molecule has 1 saturated heterocycles. The summed E-state index contributed by atoms with van der Waals surface area (Å²) in [6, 6.07) is 23.1. The summed E-state index contributed by atoms with van der Waals surface area (Å²) in [4.78, 5) is 37.9. The number of primary amides is 1. The van der Waals surface area contributed by atoms with E-state index in [-0.39, 0.29) is 30.4 Å². The van der Waals surface area contributed by atoms with E-state index in [4.69, 9.17) is 10.5 Å². The van der Waals surface area contributed by atoms with Gasteiger partial charge in [-0.3, -0.25) is 14.4 Å². The summed E-state index contributed by atoms with van der Waals surface area (Å²) in [5.74, 6) is 0.318. The maximum absolute atomic E-state index is 12.5. The molecule has 1 fully saturated rings.